The molecule has 1 fully saturated rings. The normalized spacial score (nSPS) is 14.2. The molecule has 1 aliphatic rings. The van der Waals surface area contributed by atoms with Crippen LogP contribution >= 0.6 is 15.9 Å². The van der Waals surface area contributed by atoms with E-state index < -0.39 is 10.8 Å². The van der Waals surface area contributed by atoms with E-state index in [1.54, 1.807) is 6.07 Å². The van der Waals surface area contributed by atoms with Crippen LogP contribution < -0.4 is 10.2 Å². The van der Waals surface area contributed by atoms with Gasteiger partial charge < -0.3 is 15.0 Å². The number of nitro groups is 1. The second-order valence-electron chi connectivity index (χ2n) is 5.53. The van der Waals surface area contributed by atoms with Crippen molar-refractivity contribution in [1.82, 2.24) is 0 Å². The highest BCUT2D eigenvalue weighted by Gasteiger charge is 2.15. The van der Waals surface area contributed by atoms with Crippen LogP contribution in [0.4, 0.5) is 17.1 Å². The number of benzene rings is 2. The number of hydrogen-bond donors (Lipinski definition) is 1. The van der Waals surface area contributed by atoms with Gasteiger partial charge in [0.15, 0.2) is 0 Å². The Labute approximate surface area is 152 Å². The minimum Gasteiger partial charge on any atom is -0.378 e. The minimum absolute atomic E-state index is 0.114. The topological polar surface area (TPSA) is 84.7 Å². The van der Waals surface area contributed by atoms with Gasteiger partial charge in [0.05, 0.1) is 23.8 Å². The van der Waals surface area contributed by atoms with Crippen molar-refractivity contribution < 1.29 is 14.5 Å². The summed E-state index contributed by atoms with van der Waals surface area (Å²) >= 11 is 3.54. The molecule has 0 aliphatic carbocycles. The first-order valence-electron chi connectivity index (χ1n) is 7.72. The van der Waals surface area contributed by atoms with Gasteiger partial charge in [-0.2, -0.15) is 0 Å². The van der Waals surface area contributed by atoms with Crippen LogP contribution in [0.25, 0.3) is 0 Å². The maximum Gasteiger partial charge on any atom is 0.270 e. The molecule has 2 aromatic rings. The molecule has 3 rings (SSSR count). The van der Waals surface area contributed by atoms with Crippen molar-refractivity contribution in [3.63, 3.8) is 0 Å². The van der Waals surface area contributed by atoms with Crippen LogP contribution in [-0.2, 0) is 4.74 Å². The monoisotopic (exact) mass is 405 g/mol. The largest absolute Gasteiger partial charge is 0.378 e. The van der Waals surface area contributed by atoms with Crippen LogP contribution in [-0.4, -0.2) is 37.1 Å². The van der Waals surface area contributed by atoms with Crippen LogP contribution in [0.15, 0.2) is 46.9 Å². The molecule has 1 amide bonds. The molecule has 0 bridgehead atoms. The Bertz CT molecular complexity index is 806. The highest BCUT2D eigenvalue weighted by atomic mass is 79.9. The molecule has 1 saturated heterocycles. The van der Waals surface area contributed by atoms with E-state index >= 15 is 0 Å². The van der Waals surface area contributed by atoms with Crippen molar-refractivity contribution in [1.29, 1.82) is 0 Å². The van der Waals surface area contributed by atoms with E-state index in [1.807, 2.05) is 18.2 Å². The van der Waals surface area contributed by atoms with Gasteiger partial charge in [0, 0.05) is 40.9 Å². The van der Waals surface area contributed by atoms with Gasteiger partial charge in [-0.3, -0.25) is 14.9 Å². The fraction of sp³-hybridized carbons (Fsp3) is 0.235. The number of carbonyl (C=O) groups excluding carboxylic acids is 1. The number of nitro benzene ring substituents is 1. The molecule has 25 heavy (non-hydrogen) atoms. The molecule has 0 saturated carbocycles. The maximum atomic E-state index is 12.3. The number of amides is 1. The number of ether oxygens (including phenoxy) is 1. The third-order valence-electron chi connectivity index (χ3n) is 3.88. The molecule has 0 aromatic heterocycles. The van der Waals surface area contributed by atoms with Gasteiger partial charge in [-0.25, -0.2) is 0 Å². The third kappa shape index (κ3) is 4.15. The van der Waals surface area contributed by atoms with E-state index in [0.29, 0.717) is 18.9 Å². The average Bonchev–Trinajstić information content (AvgIpc) is 2.62. The molecule has 1 N–H and O–H groups in total. The summed E-state index contributed by atoms with van der Waals surface area (Å²) in [7, 11) is 0. The Morgan fingerprint density at radius 3 is 2.64 bits per heavy atom. The number of non-ortho nitro benzene ring substituents is 1. The van der Waals surface area contributed by atoms with Gasteiger partial charge in [0.25, 0.3) is 11.6 Å². The molecule has 2 aromatic carbocycles. The lowest BCUT2D eigenvalue weighted by Gasteiger charge is -2.29. The number of anilines is 2. The zero-order chi connectivity index (χ0) is 17.8. The number of morpholine rings is 1. The van der Waals surface area contributed by atoms with Gasteiger partial charge in [-0.1, -0.05) is 6.07 Å². The molecule has 0 radical (unpaired) electrons. The van der Waals surface area contributed by atoms with Crippen molar-refractivity contribution in [2.75, 3.05) is 36.5 Å². The van der Waals surface area contributed by atoms with Crippen molar-refractivity contribution >= 4 is 38.9 Å². The second kappa shape index (κ2) is 7.62. The SMILES string of the molecule is O=C(Nc1ccc(N2CCOCC2)c(Br)c1)c1cccc([N+](=O)[O-])c1. The zero-order valence-corrected chi connectivity index (χ0v) is 14.9. The van der Waals surface area contributed by atoms with E-state index in [-0.39, 0.29) is 11.3 Å². The first kappa shape index (κ1) is 17.4. The minimum atomic E-state index is -0.523. The first-order valence-corrected chi connectivity index (χ1v) is 8.52. The molecule has 8 heteroatoms. The molecule has 1 aliphatic heterocycles. The summed E-state index contributed by atoms with van der Waals surface area (Å²) in [6.45, 7) is 3.02. The van der Waals surface area contributed by atoms with E-state index in [9.17, 15) is 14.9 Å². The van der Waals surface area contributed by atoms with Crippen molar-refractivity contribution in [2.24, 2.45) is 0 Å². The van der Waals surface area contributed by atoms with E-state index in [0.717, 1.165) is 23.2 Å². The number of halogens is 1. The molecule has 0 unspecified atom stereocenters. The summed E-state index contributed by atoms with van der Waals surface area (Å²) in [5, 5.41) is 13.6. The fourth-order valence-electron chi connectivity index (χ4n) is 2.61. The Kier molecular flexibility index (Phi) is 5.30. The van der Waals surface area contributed by atoms with Crippen LogP contribution in [0.5, 0.6) is 0 Å². The Morgan fingerprint density at radius 1 is 1.20 bits per heavy atom. The number of rotatable bonds is 4. The lowest BCUT2D eigenvalue weighted by Crippen LogP contribution is -2.36. The molecular weight excluding hydrogens is 390 g/mol. The van der Waals surface area contributed by atoms with Crippen LogP contribution in [0.3, 0.4) is 0 Å². The summed E-state index contributed by atoms with van der Waals surface area (Å²) in [5.74, 6) is -0.394. The van der Waals surface area contributed by atoms with Crippen LogP contribution in [0.1, 0.15) is 10.4 Å². The Hall–Kier alpha value is -2.45. The third-order valence-corrected chi connectivity index (χ3v) is 4.51. The predicted octanol–water partition coefficient (Wildman–Crippen LogP) is 3.45. The zero-order valence-electron chi connectivity index (χ0n) is 13.3. The summed E-state index contributed by atoms with van der Waals surface area (Å²) in [6.07, 6.45) is 0. The van der Waals surface area contributed by atoms with Crippen molar-refractivity contribution in [2.45, 2.75) is 0 Å². The smallest absolute Gasteiger partial charge is 0.270 e. The highest BCUT2D eigenvalue weighted by molar-refractivity contribution is 9.10. The Morgan fingerprint density at radius 2 is 1.96 bits per heavy atom. The quantitative estimate of drug-likeness (QED) is 0.621. The van der Waals surface area contributed by atoms with E-state index in [4.69, 9.17) is 4.74 Å². The fourth-order valence-corrected chi connectivity index (χ4v) is 3.24. The summed E-state index contributed by atoms with van der Waals surface area (Å²) < 4.78 is 6.22. The van der Waals surface area contributed by atoms with E-state index in [1.165, 1.54) is 18.2 Å². The Balaban J connectivity index is 1.74. The van der Waals surface area contributed by atoms with Gasteiger partial charge in [0.2, 0.25) is 0 Å². The summed E-state index contributed by atoms with van der Waals surface area (Å²) in [6, 6.07) is 11.2. The van der Waals surface area contributed by atoms with Gasteiger partial charge >= 0.3 is 0 Å². The lowest BCUT2D eigenvalue weighted by molar-refractivity contribution is -0.384. The van der Waals surface area contributed by atoms with E-state index in [2.05, 4.69) is 26.1 Å². The van der Waals surface area contributed by atoms with Gasteiger partial charge in [0.1, 0.15) is 0 Å². The molecular formula is C17H16BrN3O4. The predicted molar refractivity (Wildman–Crippen MR) is 98.2 cm³/mol. The number of nitrogens with zero attached hydrogens (tertiary/aromatic N) is 2. The first-order chi connectivity index (χ1) is 12.0. The van der Waals surface area contributed by atoms with Crippen molar-refractivity contribution in [3.8, 4) is 0 Å². The summed E-state index contributed by atoms with van der Waals surface area (Å²) in [4.78, 5) is 24.8. The molecule has 1 heterocycles. The maximum absolute atomic E-state index is 12.3. The van der Waals surface area contributed by atoms with Crippen LogP contribution in [0, 0.1) is 10.1 Å². The molecule has 0 spiro atoms. The van der Waals surface area contributed by atoms with Crippen LogP contribution in [0.2, 0.25) is 0 Å². The van der Waals surface area contributed by atoms with Gasteiger partial charge in [-0.05, 0) is 40.2 Å². The number of carbonyl (C=O) groups is 1. The number of nitrogens with one attached hydrogen (secondary N) is 1. The molecule has 7 nitrogen and oxygen atoms in total. The van der Waals surface area contributed by atoms with Gasteiger partial charge in [-0.15, -0.1) is 0 Å². The standard InChI is InChI=1S/C17H16BrN3O4/c18-15-11-13(4-5-16(15)20-6-8-25-9-7-20)19-17(22)12-2-1-3-14(10-12)21(23)24/h1-5,10-11H,6-9H2,(H,19,22). The number of hydrogen-bond acceptors (Lipinski definition) is 5. The van der Waals surface area contributed by atoms with Crippen molar-refractivity contribution in [3.05, 3.63) is 62.6 Å². The highest BCUT2D eigenvalue weighted by Crippen LogP contribution is 2.30. The second-order valence-corrected chi connectivity index (χ2v) is 6.38. The summed E-state index contributed by atoms with van der Waals surface area (Å²) in [5.41, 5.74) is 1.77. The average molecular weight is 406 g/mol. The lowest BCUT2D eigenvalue weighted by atomic mass is 10.2. The molecule has 0 atom stereocenters. The molecule has 130 valence electrons.